The molecular weight excluding hydrogens is 376 g/mol. The Morgan fingerprint density at radius 2 is 2.08 bits per heavy atom. The molecule has 0 aromatic carbocycles. The number of hydrogen-bond acceptors (Lipinski definition) is 13. The first-order chi connectivity index (χ1) is 11.9. The third kappa shape index (κ3) is 2.64. The van der Waals surface area contributed by atoms with Gasteiger partial charge in [0.25, 0.3) is 0 Å². The fourth-order valence-electron chi connectivity index (χ4n) is 3.49. The molecule has 3 aliphatic rings. The Morgan fingerprint density at radius 1 is 1.42 bits per heavy atom. The molecule has 0 aromatic rings. The number of hydrogen-bond donors (Lipinski definition) is 6. The number of esters is 1. The highest BCUT2D eigenvalue weighted by Gasteiger charge is 2.74. The molecule has 0 unspecified atom stereocenters. The Hall–Kier alpha value is -2.20. The molecule has 0 amide bonds. The minimum Gasteiger partial charge on any atom is -0.464 e. The van der Waals surface area contributed by atoms with Crippen LogP contribution in [0.15, 0.2) is 9.98 Å². The van der Waals surface area contributed by atoms with Crippen molar-refractivity contribution >= 4 is 28.3 Å². The second-order valence-electron chi connectivity index (χ2n) is 6.06. The molecule has 3 heterocycles. The predicted octanol–water partition coefficient (Wildman–Crippen LogP) is -4.59. The second-order valence-corrected chi connectivity index (χ2v) is 7.11. The molecule has 0 aromatic heterocycles. The lowest BCUT2D eigenvalue weighted by Crippen LogP contribution is -2.77. The molecule has 0 radical (unpaired) electrons. The van der Waals surface area contributed by atoms with E-state index in [-0.39, 0.29) is 18.5 Å². The molecule has 1 saturated heterocycles. The summed E-state index contributed by atoms with van der Waals surface area (Å²) in [5, 5.41) is 24.0. The van der Waals surface area contributed by atoms with E-state index in [0.717, 1.165) is 4.90 Å². The summed E-state index contributed by atoms with van der Waals surface area (Å²) < 4.78 is 40.3. The van der Waals surface area contributed by atoms with Crippen LogP contribution in [-0.4, -0.2) is 88.8 Å². The molecule has 1 spiro atoms. The van der Waals surface area contributed by atoms with Gasteiger partial charge in [-0.3, -0.25) is 9.35 Å². The molecule has 8 N–H and O–H groups in total. The average Bonchev–Trinajstić information content (AvgIpc) is 2.93. The van der Waals surface area contributed by atoms with Crippen molar-refractivity contribution in [3.63, 3.8) is 0 Å². The van der Waals surface area contributed by atoms with Crippen LogP contribution in [0.25, 0.3) is 0 Å². The van der Waals surface area contributed by atoms with E-state index in [1.807, 2.05) is 0 Å². The number of aliphatic imine (C=N–C) groups is 2. The Morgan fingerprint density at radius 3 is 2.65 bits per heavy atom. The fourth-order valence-corrected chi connectivity index (χ4v) is 3.98. The minimum absolute atomic E-state index is 0.197. The molecule has 26 heavy (non-hydrogen) atoms. The maximum absolute atomic E-state index is 11.1. The van der Waals surface area contributed by atoms with Crippen molar-refractivity contribution in [2.24, 2.45) is 21.5 Å². The van der Waals surface area contributed by atoms with Gasteiger partial charge in [0.2, 0.25) is 5.79 Å². The zero-order valence-corrected chi connectivity index (χ0v) is 14.3. The van der Waals surface area contributed by atoms with Crippen molar-refractivity contribution in [2.75, 3.05) is 13.2 Å². The number of nitrogens with one attached hydrogen (secondary N) is 1. The topological polar surface area (TPSA) is 222 Å². The largest absolute Gasteiger partial charge is 0.464 e. The summed E-state index contributed by atoms with van der Waals surface area (Å²) in [6.45, 7) is 0.430. The van der Waals surface area contributed by atoms with Crippen molar-refractivity contribution in [3.8, 4) is 0 Å². The highest BCUT2D eigenvalue weighted by molar-refractivity contribution is 7.80. The summed E-state index contributed by atoms with van der Waals surface area (Å²) in [6.07, 6.45) is -1.84. The molecule has 15 heteroatoms. The number of rotatable bonds is 4. The molecule has 14 nitrogen and oxygen atoms in total. The molecule has 1 fully saturated rings. The smallest absolute Gasteiger partial charge is 0.397 e. The van der Waals surface area contributed by atoms with Crippen LogP contribution in [0.1, 0.15) is 6.92 Å². The van der Waals surface area contributed by atoms with Gasteiger partial charge >= 0.3 is 16.4 Å². The number of carbonyl (C=O) groups is 1. The van der Waals surface area contributed by atoms with E-state index in [0.29, 0.717) is 0 Å². The van der Waals surface area contributed by atoms with Gasteiger partial charge in [-0.25, -0.2) is 14.2 Å². The quantitative estimate of drug-likeness (QED) is 0.151. The summed E-state index contributed by atoms with van der Waals surface area (Å²) in [4.78, 5) is 20.4. The Balaban J connectivity index is 2.04. The Labute approximate surface area is 147 Å². The van der Waals surface area contributed by atoms with Crippen LogP contribution in [0.2, 0.25) is 0 Å². The predicted molar refractivity (Wildman–Crippen MR) is 83.6 cm³/mol. The number of aliphatic hydroxyl groups is 2. The van der Waals surface area contributed by atoms with E-state index >= 15 is 0 Å². The van der Waals surface area contributed by atoms with Crippen LogP contribution in [0.5, 0.6) is 0 Å². The van der Waals surface area contributed by atoms with E-state index in [2.05, 4.69) is 19.5 Å². The van der Waals surface area contributed by atoms with Crippen LogP contribution in [0.3, 0.4) is 0 Å². The van der Waals surface area contributed by atoms with Gasteiger partial charge in [0.15, 0.2) is 23.7 Å². The lowest BCUT2D eigenvalue weighted by Gasteiger charge is -2.48. The normalized spacial score (nSPS) is 35.1. The average molecular weight is 394 g/mol. The fraction of sp³-hybridized carbons (Fsp3) is 0.727. The summed E-state index contributed by atoms with van der Waals surface area (Å²) in [7, 11) is -5.01. The zero-order valence-electron chi connectivity index (χ0n) is 13.4. The van der Waals surface area contributed by atoms with Gasteiger partial charge < -0.3 is 36.6 Å². The van der Waals surface area contributed by atoms with Crippen molar-refractivity contribution in [2.45, 2.75) is 36.6 Å². The van der Waals surface area contributed by atoms with Crippen LogP contribution >= 0.6 is 0 Å². The van der Waals surface area contributed by atoms with Crippen molar-refractivity contribution in [1.29, 1.82) is 0 Å². The molecule has 0 saturated carbocycles. The summed E-state index contributed by atoms with van der Waals surface area (Å²) >= 11 is 0. The lowest BCUT2D eigenvalue weighted by atomic mass is 9.86. The first kappa shape index (κ1) is 18.6. The highest BCUT2D eigenvalue weighted by Crippen LogP contribution is 2.45. The summed E-state index contributed by atoms with van der Waals surface area (Å²) in [5.74, 6) is -3.94. The van der Waals surface area contributed by atoms with E-state index in [1.54, 1.807) is 0 Å². The molecule has 4 atom stereocenters. The van der Waals surface area contributed by atoms with Crippen LogP contribution in [0.4, 0.5) is 0 Å². The van der Waals surface area contributed by atoms with Gasteiger partial charge in [-0.1, -0.05) is 0 Å². The van der Waals surface area contributed by atoms with Gasteiger partial charge in [0.1, 0.15) is 18.7 Å². The maximum atomic E-state index is 11.1. The highest BCUT2D eigenvalue weighted by atomic mass is 32.3. The van der Waals surface area contributed by atoms with Gasteiger partial charge in [-0.05, 0) is 0 Å². The van der Waals surface area contributed by atoms with E-state index < -0.39 is 52.6 Å². The number of nitrogens with two attached hydrogens (primary N) is 2. The molecule has 0 bridgehead atoms. The number of carbonyl (C=O) groups excluding carboxylic acids is 1. The summed E-state index contributed by atoms with van der Waals surface area (Å²) in [6, 6.07) is -2.05. The number of guanidine groups is 2. The first-order valence-electron chi connectivity index (χ1n) is 7.34. The van der Waals surface area contributed by atoms with Gasteiger partial charge in [0.05, 0.1) is 6.54 Å². The molecule has 0 aliphatic carbocycles. The van der Waals surface area contributed by atoms with Gasteiger partial charge in [-0.15, -0.1) is 0 Å². The Kier molecular flexibility index (Phi) is 4.04. The van der Waals surface area contributed by atoms with Crippen LogP contribution < -0.4 is 16.8 Å². The lowest BCUT2D eigenvalue weighted by molar-refractivity contribution is -0.252. The van der Waals surface area contributed by atoms with Crippen LogP contribution in [0, 0.1) is 0 Å². The zero-order chi connectivity index (χ0) is 19.5. The molecular formula is C11H18N6O8S. The third-order valence-electron chi connectivity index (χ3n) is 4.44. The maximum Gasteiger partial charge on any atom is 0.397 e. The second kappa shape index (κ2) is 5.65. The molecule has 3 rings (SSSR count). The van der Waals surface area contributed by atoms with Crippen molar-refractivity contribution < 1.29 is 36.9 Å². The van der Waals surface area contributed by atoms with E-state index in [4.69, 9.17) is 20.8 Å². The number of nitrogens with zero attached hydrogens (tertiary/aromatic N) is 3. The van der Waals surface area contributed by atoms with Crippen LogP contribution in [-0.2, 0) is 24.1 Å². The van der Waals surface area contributed by atoms with E-state index in [9.17, 15) is 23.4 Å². The van der Waals surface area contributed by atoms with E-state index in [1.165, 1.54) is 6.92 Å². The Bertz CT molecular complexity index is 797. The summed E-state index contributed by atoms with van der Waals surface area (Å²) in [5.41, 5.74) is 9.62. The van der Waals surface area contributed by atoms with Crippen molar-refractivity contribution in [1.82, 2.24) is 10.2 Å². The van der Waals surface area contributed by atoms with Gasteiger partial charge in [-0.2, -0.15) is 8.42 Å². The van der Waals surface area contributed by atoms with Crippen molar-refractivity contribution in [3.05, 3.63) is 0 Å². The number of ether oxygens (including phenoxy) is 1. The van der Waals surface area contributed by atoms with Gasteiger partial charge in [0, 0.05) is 6.92 Å². The standard InChI is InChI=1S/C11H18N6O8S/c1-4(18)24-3-5-7-10(16-8(12)15-7)11(19,20)6(25-26(21,22)23)2-17(10)9(13)14-5/h5-7,19-20H,2-3H2,1H3,(H2,13,14)(H3,12,15,16)(H,21,22,23)/t5-,6+,7-,10-/m0/s1. The minimum atomic E-state index is -5.01. The SMILES string of the molecule is CC(=O)OC[C@@H]1N=C(N)N2C[C@@H](OS(=O)(=O)O)C(O)(O)[C@@]23NC(N)=N[C@@H]13. The monoisotopic (exact) mass is 394 g/mol. The molecule has 3 aliphatic heterocycles. The molecule has 146 valence electrons. The third-order valence-corrected chi connectivity index (χ3v) is 4.92. The first-order valence-corrected chi connectivity index (χ1v) is 8.71.